The summed E-state index contributed by atoms with van der Waals surface area (Å²) in [5, 5.41) is 9.32. The number of carboxylic acids is 1. The van der Waals surface area contributed by atoms with Crippen molar-refractivity contribution in [3.63, 3.8) is 0 Å². The summed E-state index contributed by atoms with van der Waals surface area (Å²) in [6.45, 7) is 0.998. The molecule has 2 heterocycles. The van der Waals surface area contributed by atoms with Crippen LogP contribution in [0.4, 0.5) is 14.5 Å². The number of anilines is 1. The molecule has 2 fully saturated rings. The van der Waals surface area contributed by atoms with Crippen molar-refractivity contribution >= 4 is 22.6 Å². The predicted octanol–water partition coefficient (Wildman–Crippen LogP) is 3.66. The van der Waals surface area contributed by atoms with Crippen LogP contribution in [0.1, 0.15) is 40.8 Å². The van der Waals surface area contributed by atoms with Crippen molar-refractivity contribution in [2.75, 3.05) is 25.1 Å². The number of aromatic carboxylic acids is 1. The van der Waals surface area contributed by atoms with Crippen molar-refractivity contribution in [2.45, 2.75) is 31.1 Å². The molecule has 2 aliphatic rings. The highest BCUT2D eigenvalue weighted by Crippen LogP contribution is 2.46. The van der Waals surface area contributed by atoms with Crippen LogP contribution >= 0.6 is 0 Å². The van der Waals surface area contributed by atoms with Crippen molar-refractivity contribution in [1.82, 2.24) is 4.57 Å². The number of ether oxygens (including phenoxy) is 1. The molecule has 1 saturated heterocycles. The van der Waals surface area contributed by atoms with Gasteiger partial charge in [-0.25, -0.2) is 13.6 Å². The number of hydrogen-bond donors (Lipinski definition) is 2. The standard InChI is InChI=1S/C25H25F2N3O4/c1-34-24-21-15(23(31)16(25(32)33)12-30(21)19-10-17(19)26)9-18(27)22(24)29-8-7-14(11-29)20(28)13-5-3-2-4-6-13/h2-6,9,12,14,17,19-20H,7-8,10-11,28H2,1H3,(H,32,33)/t14-,17+,19-,20?/m1/s1. The Kier molecular flexibility index (Phi) is 5.51. The minimum atomic E-state index is -1.45. The molecule has 9 heteroatoms. The summed E-state index contributed by atoms with van der Waals surface area (Å²) in [5.74, 6) is -1.98. The molecule has 34 heavy (non-hydrogen) atoms. The second kappa shape index (κ2) is 8.39. The molecule has 1 aliphatic heterocycles. The zero-order valence-corrected chi connectivity index (χ0v) is 18.6. The minimum Gasteiger partial charge on any atom is -0.492 e. The van der Waals surface area contributed by atoms with Crippen LogP contribution in [0.3, 0.4) is 0 Å². The zero-order chi connectivity index (χ0) is 24.1. The molecule has 0 bridgehead atoms. The average molecular weight is 469 g/mol. The summed E-state index contributed by atoms with van der Waals surface area (Å²) >= 11 is 0. The number of hydrogen-bond acceptors (Lipinski definition) is 5. The SMILES string of the molecule is COc1c(N2CC[C@@H](C(N)c3ccccc3)C2)c(F)cc2c(=O)c(C(=O)O)cn([C@@H]3C[C@@H]3F)c12. The van der Waals surface area contributed by atoms with E-state index in [9.17, 15) is 19.1 Å². The zero-order valence-electron chi connectivity index (χ0n) is 18.6. The first-order valence-corrected chi connectivity index (χ1v) is 11.2. The number of rotatable bonds is 6. The van der Waals surface area contributed by atoms with Crippen LogP contribution in [0.5, 0.6) is 5.75 Å². The molecule has 2 aromatic carbocycles. The monoisotopic (exact) mass is 469 g/mol. The highest BCUT2D eigenvalue weighted by Gasteiger charge is 2.41. The summed E-state index contributed by atoms with van der Waals surface area (Å²) in [5.41, 5.74) is 6.51. The average Bonchev–Trinajstić information content (AvgIpc) is 3.36. The normalized spacial score (nSPS) is 22.7. The van der Waals surface area contributed by atoms with Gasteiger partial charge in [-0.05, 0) is 24.0 Å². The maximum absolute atomic E-state index is 15.5. The number of fused-ring (bicyclic) bond motifs is 1. The Morgan fingerprint density at radius 3 is 2.62 bits per heavy atom. The number of carboxylic acid groups (broad SMARTS) is 1. The van der Waals surface area contributed by atoms with Gasteiger partial charge in [0.25, 0.3) is 0 Å². The number of alkyl halides is 1. The lowest BCUT2D eigenvalue weighted by atomic mass is 9.93. The number of aromatic nitrogens is 1. The molecular formula is C25H25F2N3O4. The molecule has 3 aromatic rings. The summed E-state index contributed by atoms with van der Waals surface area (Å²) in [6, 6.07) is 9.88. The molecule has 0 spiro atoms. The third-order valence-corrected chi connectivity index (χ3v) is 6.90. The van der Waals surface area contributed by atoms with Crippen molar-refractivity contribution < 1.29 is 23.4 Å². The van der Waals surface area contributed by atoms with Crippen molar-refractivity contribution in [1.29, 1.82) is 0 Å². The van der Waals surface area contributed by atoms with Crippen molar-refractivity contribution in [3.05, 3.63) is 69.8 Å². The largest absolute Gasteiger partial charge is 0.492 e. The van der Waals surface area contributed by atoms with E-state index in [-0.39, 0.29) is 40.7 Å². The van der Waals surface area contributed by atoms with Gasteiger partial charge in [-0.2, -0.15) is 0 Å². The Hall–Kier alpha value is -3.46. The van der Waals surface area contributed by atoms with E-state index < -0.39 is 35.0 Å². The maximum Gasteiger partial charge on any atom is 0.341 e. The van der Waals surface area contributed by atoms with E-state index in [1.165, 1.54) is 11.7 Å². The molecule has 1 aliphatic carbocycles. The minimum absolute atomic E-state index is 0.0671. The number of nitrogens with zero attached hydrogens (tertiary/aromatic N) is 2. The molecular weight excluding hydrogens is 444 g/mol. The number of carbonyl (C=O) groups is 1. The van der Waals surface area contributed by atoms with Crippen LogP contribution < -0.4 is 20.8 Å². The van der Waals surface area contributed by atoms with Gasteiger partial charge < -0.3 is 25.0 Å². The van der Waals surface area contributed by atoms with Gasteiger partial charge in [-0.1, -0.05) is 30.3 Å². The van der Waals surface area contributed by atoms with Crippen molar-refractivity contribution in [2.24, 2.45) is 11.7 Å². The Labute approximate surface area is 194 Å². The van der Waals surface area contributed by atoms with E-state index in [4.69, 9.17) is 10.5 Å². The molecule has 1 saturated carbocycles. The summed E-state index contributed by atoms with van der Waals surface area (Å²) in [7, 11) is 1.36. The van der Waals surface area contributed by atoms with E-state index in [0.717, 1.165) is 24.2 Å². The van der Waals surface area contributed by atoms with E-state index in [1.807, 2.05) is 35.2 Å². The Balaban J connectivity index is 1.61. The van der Waals surface area contributed by atoms with Crippen LogP contribution in [-0.2, 0) is 0 Å². The van der Waals surface area contributed by atoms with Gasteiger partial charge in [0.2, 0.25) is 5.43 Å². The molecule has 3 N–H and O–H groups in total. The highest BCUT2D eigenvalue weighted by molar-refractivity contribution is 5.97. The predicted molar refractivity (Wildman–Crippen MR) is 124 cm³/mol. The Bertz CT molecular complexity index is 1330. The van der Waals surface area contributed by atoms with Gasteiger partial charge in [0, 0.05) is 31.7 Å². The fourth-order valence-electron chi connectivity index (χ4n) is 5.02. The fourth-order valence-corrected chi connectivity index (χ4v) is 5.02. The first-order valence-electron chi connectivity index (χ1n) is 11.2. The summed E-state index contributed by atoms with van der Waals surface area (Å²) in [6.07, 6.45) is 0.881. The highest BCUT2D eigenvalue weighted by atomic mass is 19.1. The van der Waals surface area contributed by atoms with Gasteiger partial charge in [0.15, 0.2) is 11.6 Å². The number of nitrogens with two attached hydrogens (primary N) is 1. The third-order valence-electron chi connectivity index (χ3n) is 6.90. The molecule has 0 radical (unpaired) electrons. The quantitative estimate of drug-likeness (QED) is 0.572. The van der Waals surface area contributed by atoms with Gasteiger partial charge >= 0.3 is 5.97 Å². The second-order valence-corrected chi connectivity index (χ2v) is 8.97. The number of halogens is 2. The van der Waals surface area contributed by atoms with E-state index >= 15 is 4.39 Å². The van der Waals surface area contributed by atoms with Gasteiger partial charge in [0.1, 0.15) is 17.4 Å². The summed E-state index contributed by atoms with van der Waals surface area (Å²) < 4.78 is 36.6. The molecule has 1 aromatic heterocycles. The fraction of sp³-hybridized carbons (Fsp3) is 0.360. The van der Waals surface area contributed by atoms with E-state index in [0.29, 0.717) is 13.1 Å². The summed E-state index contributed by atoms with van der Waals surface area (Å²) in [4.78, 5) is 26.3. The van der Waals surface area contributed by atoms with Gasteiger partial charge in [0.05, 0.1) is 24.1 Å². The van der Waals surface area contributed by atoms with E-state index in [1.54, 1.807) is 0 Å². The Morgan fingerprint density at radius 1 is 1.29 bits per heavy atom. The second-order valence-electron chi connectivity index (χ2n) is 8.97. The number of pyridine rings is 1. The molecule has 178 valence electrons. The Morgan fingerprint density at radius 2 is 2.00 bits per heavy atom. The first kappa shape index (κ1) is 22.3. The maximum atomic E-state index is 15.5. The third kappa shape index (κ3) is 3.60. The van der Waals surface area contributed by atoms with Crippen molar-refractivity contribution in [3.8, 4) is 5.75 Å². The van der Waals surface area contributed by atoms with Crippen LogP contribution in [-0.4, -0.2) is 42.0 Å². The molecule has 4 atom stereocenters. The van der Waals surface area contributed by atoms with Crippen LogP contribution in [0.25, 0.3) is 10.9 Å². The lowest BCUT2D eigenvalue weighted by Gasteiger charge is -2.26. The van der Waals surface area contributed by atoms with Gasteiger partial charge in [-0.15, -0.1) is 0 Å². The smallest absolute Gasteiger partial charge is 0.341 e. The van der Waals surface area contributed by atoms with E-state index in [2.05, 4.69) is 0 Å². The number of benzene rings is 2. The molecule has 1 unspecified atom stereocenters. The van der Waals surface area contributed by atoms with Crippen LogP contribution in [0.2, 0.25) is 0 Å². The molecule has 5 rings (SSSR count). The van der Waals surface area contributed by atoms with Gasteiger partial charge in [-0.3, -0.25) is 4.79 Å². The lowest BCUT2D eigenvalue weighted by Crippen LogP contribution is -2.27. The van der Waals surface area contributed by atoms with Crippen LogP contribution in [0.15, 0.2) is 47.4 Å². The first-order chi connectivity index (χ1) is 16.3. The number of methoxy groups -OCH3 is 1. The molecule has 0 amide bonds. The lowest BCUT2D eigenvalue weighted by molar-refractivity contribution is 0.0694. The topological polar surface area (TPSA) is 97.8 Å². The van der Waals surface area contributed by atoms with Crippen LogP contribution in [0, 0.1) is 11.7 Å². The molecule has 7 nitrogen and oxygen atoms in total.